The first-order valence-electron chi connectivity index (χ1n) is 12.3. The molecule has 1 aliphatic rings. The number of piperidine rings is 1. The summed E-state index contributed by atoms with van der Waals surface area (Å²) in [6.45, 7) is 0.340. The Balaban J connectivity index is 1.61. The maximum atomic E-state index is 13.8. The van der Waals surface area contributed by atoms with Crippen LogP contribution in [0.5, 0.6) is 0 Å². The lowest BCUT2D eigenvalue weighted by Gasteiger charge is -2.29. The third-order valence-corrected chi connectivity index (χ3v) is 7.91. The minimum Gasteiger partial charge on any atom is -0.465 e. The summed E-state index contributed by atoms with van der Waals surface area (Å²) in [5.74, 6) is -1.72. The van der Waals surface area contributed by atoms with Crippen molar-refractivity contribution >= 4 is 44.3 Å². The molecular formula is C28H22F3N3O5S. The smallest absolute Gasteiger partial charge is 0.416 e. The number of rotatable bonds is 5. The van der Waals surface area contributed by atoms with E-state index in [2.05, 4.69) is 5.32 Å². The van der Waals surface area contributed by atoms with Crippen molar-refractivity contribution in [1.82, 2.24) is 9.47 Å². The number of fused-ring (bicyclic) bond motifs is 1. The second kappa shape index (κ2) is 10.6. The van der Waals surface area contributed by atoms with E-state index in [1.54, 1.807) is 30.3 Å². The number of para-hydroxylation sites is 1. The summed E-state index contributed by atoms with van der Waals surface area (Å²) in [5.41, 5.74) is -1.12. The van der Waals surface area contributed by atoms with Crippen LogP contribution in [-0.2, 0) is 11.0 Å². The van der Waals surface area contributed by atoms with Crippen LogP contribution in [0.3, 0.4) is 0 Å². The van der Waals surface area contributed by atoms with Crippen molar-refractivity contribution in [2.75, 3.05) is 18.4 Å². The van der Waals surface area contributed by atoms with Crippen LogP contribution in [0.25, 0.3) is 15.9 Å². The first-order valence-corrected chi connectivity index (χ1v) is 13.1. The van der Waals surface area contributed by atoms with Crippen LogP contribution in [0.15, 0.2) is 71.5 Å². The number of carbonyl (C=O) groups excluding carboxylic acids is 2. The predicted octanol–water partition coefficient (Wildman–Crippen LogP) is 5.63. The van der Waals surface area contributed by atoms with Crippen molar-refractivity contribution in [1.29, 1.82) is 0 Å². The number of halogens is 3. The van der Waals surface area contributed by atoms with Crippen LogP contribution in [0, 0.1) is 5.92 Å². The Hall–Kier alpha value is -4.45. The van der Waals surface area contributed by atoms with E-state index >= 15 is 0 Å². The monoisotopic (exact) mass is 569 g/mol. The number of carbonyl (C=O) groups is 3. The van der Waals surface area contributed by atoms with Crippen LogP contribution in [0.2, 0.25) is 0 Å². The molecule has 2 aromatic heterocycles. The fraction of sp³-hybridized carbons (Fsp3) is 0.214. The van der Waals surface area contributed by atoms with E-state index in [1.807, 2.05) is 0 Å². The second-order valence-electron chi connectivity index (χ2n) is 9.31. The highest BCUT2D eigenvalue weighted by molar-refractivity contribution is 7.23. The van der Waals surface area contributed by atoms with E-state index in [1.165, 1.54) is 27.7 Å². The molecule has 206 valence electrons. The van der Waals surface area contributed by atoms with Crippen molar-refractivity contribution in [3.63, 3.8) is 0 Å². The van der Waals surface area contributed by atoms with Gasteiger partial charge in [0.05, 0.1) is 16.8 Å². The Morgan fingerprint density at radius 3 is 2.30 bits per heavy atom. The SMILES string of the molecule is O=C(c1cccc(C(F)(F)F)c1)c1c(NC(=O)C2CCN(C(=O)O)CC2)sc2c1ccc(=O)n2-c1ccccc1. The molecule has 1 fully saturated rings. The number of benzene rings is 2. The molecule has 0 atom stereocenters. The zero-order valence-corrected chi connectivity index (χ0v) is 21.6. The van der Waals surface area contributed by atoms with Crippen LogP contribution in [0.1, 0.15) is 34.3 Å². The zero-order chi connectivity index (χ0) is 28.6. The molecule has 0 unspecified atom stereocenters. The van der Waals surface area contributed by atoms with Crippen molar-refractivity contribution in [3.05, 3.63) is 93.8 Å². The summed E-state index contributed by atoms with van der Waals surface area (Å²) in [5, 5.41) is 12.3. The molecule has 1 aliphatic heterocycles. The summed E-state index contributed by atoms with van der Waals surface area (Å²) in [6, 6.07) is 15.3. The number of likely N-dealkylation sites (tertiary alicyclic amines) is 1. The van der Waals surface area contributed by atoms with E-state index in [0.29, 0.717) is 15.9 Å². The molecule has 0 saturated carbocycles. The maximum absolute atomic E-state index is 13.8. The molecule has 0 bridgehead atoms. The molecule has 2 amide bonds. The van der Waals surface area contributed by atoms with Gasteiger partial charge in [0.2, 0.25) is 5.91 Å². The highest BCUT2D eigenvalue weighted by Crippen LogP contribution is 2.39. The topological polar surface area (TPSA) is 109 Å². The minimum atomic E-state index is -4.66. The second-order valence-corrected chi connectivity index (χ2v) is 10.3. The molecule has 2 N–H and O–H groups in total. The molecule has 12 heteroatoms. The Labute approximate surface area is 229 Å². The molecule has 4 aromatic rings. The number of pyridine rings is 1. The molecule has 1 saturated heterocycles. The van der Waals surface area contributed by atoms with Crippen LogP contribution in [-0.4, -0.2) is 45.4 Å². The highest BCUT2D eigenvalue weighted by Gasteiger charge is 2.33. The fourth-order valence-electron chi connectivity index (χ4n) is 4.74. The number of carboxylic acid groups (broad SMARTS) is 1. The van der Waals surface area contributed by atoms with Gasteiger partial charge in [-0.25, -0.2) is 4.79 Å². The van der Waals surface area contributed by atoms with E-state index in [9.17, 15) is 37.5 Å². The van der Waals surface area contributed by atoms with Gasteiger partial charge in [-0.15, -0.1) is 0 Å². The minimum absolute atomic E-state index is 0.0275. The summed E-state index contributed by atoms with van der Waals surface area (Å²) in [7, 11) is 0. The third kappa shape index (κ3) is 5.22. The largest absolute Gasteiger partial charge is 0.465 e. The van der Waals surface area contributed by atoms with Gasteiger partial charge in [0.25, 0.3) is 5.56 Å². The lowest BCUT2D eigenvalue weighted by Crippen LogP contribution is -2.40. The van der Waals surface area contributed by atoms with Crippen LogP contribution < -0.4 is 10.9 Å². The Morgan fingerprint density at radius 2 is 1.65 bits per heavy atom. The predicted molar refractivity (Wildman–Crippen MR) is 143 cm³/mol. The summed E-state index contributed by atoms with van der Waals surface area (Å²) < 4.78 is 41.6. The van der Waals surface area contributed by atoms with E-state index < -0.39 is 41.0 Å². The molecule has 2 aromatic carbocycles. The molecule has 5 rings (SSSR count). The van der Waals surface area contributed by atoms with Crippen molar-refractivity contribution in [2.24, 2.45) is 5.92 Å². The first kappa shape index (κ1) is 27.1. The maximum Gasteiger partial charge on any atom is 0.416 e. The normalized spacial score (nSPS) is 14.3. The average molecular weight is 570 g/mol. The van der Waals surface area contributed by atoms with Crippen molar-refractivity contribution in [2.45, 2.75) is 19.0 Å². The number of amides is 2. The molecule has 3 heterocycles. The Morgan fingerprint density at radius 1 is 0.950 bits per heavy atom. The van der Waals surface area contributed by atoms with Gasteiger partial charge in [0, 0.05) is 36.0 Å². The van der Waals surface area contributed by atoms with Gasteiger partial charge in [-0.1, -0.05) is 41.7 Å². The summed E-state index contributed by atoms with van der Waals surface area (Å²) >= 11 is 0.973. The number of nitrogens with one attached hydrogen (secondary N) is 1. The molecule has 0 radical (unpaired) electrons. The molecule has 0 spiro atoms. The van der Waals surface area contributed by atoms with Crippen LogP contribution >= 0.6 is 11.3 Å². The number of ketones is 1. The van der Waals surface area contributed by atoms with Gasteiger partial charge in [-0.05, 0) is 43.2 Å². The van der Waals surface area contributed by atoms with Crippen molar-refractivity contribution in [3.8, 4) is 5.69 Å². The third-order valence-electron chi connectivity index (χ3n) is 6.81. The number of hydrogen-bond donors (Lipinski definition) is 2. The molecular weight excluding hydrogens is 547 g/mol. The van der Waals surface area contributed by atoms with Gasteiger partial charge in [-0.3, -0.25) is 19.0 Å². The zero-order valence-electron chi connectivity index (χ0n) is 20.8. The quantitative estimate of drug-likeness (QED) is 0.303. The standard InChI is InChI=1S/C28H22F3N3O5S/c29-28(30,31)18-6-4-5-17(15-18)23(36)22-20-9-10-21(35)34(19-7-2-1-3-8-19)26(20)40-25(22)32-24(37)16-11-13-33(14-12-16)27(38)39/h1-10,15-16H,11-14H2,(H,32,37)(H,38,39). The van der Waals surface area contributed by atoms with Crippen LogP contribution in [0.4, 0.5) is 23.0 Å². The van der Waals surface area contributed by atoms with E-state index in [4.69, 9.17) is 0 Å². The van der Waals surface area contributed by atoms with E-state index in [-0.39, 0.29) is 42.1 Å². The lowest BCUT2D eigenvalue weighted by atomic mass is 9.96. The first-order chi connectivity index (χ1) is 19.0. The van der Waals surface area contributed by atoms with Gasteiger partial charge in [0.15, 0.2) is 5.78 Å². The van der Waals surface area contributed by atoms with Crippen molar-refractivity contribution < 1.29 is 32.7 Å². The number of anilines is 1. The lowest BCUT2D eigenvalue weighted by molar-refractivity contribution is -0.137. The Kier molecular flexibility index (Phi) is 7.19. The number of alkyl halides is 3. The molecule has 8 nitrogen and oxygen atoms in total. The number of hydrogen-bond acceptors (Lipinski definition) is 5. The van der Waals surface area contributed by atoms with Gasteiger partial charge >= 0.3 is 12.3 Å². The molecule has 0 aliphatic carbocycles. The fourth-order valence-corrected chi connectivity index (χ4v) is 5.96. The Bertz CT molecular complexity index is 1670. The number of nitrogens with zero attached hydrogens (tertiary/aromatic N) is 2. The molecule has 40 heavy (non-hydrogen) atoms. The van der Waals surface area contributed by atoms with Gasteiger partial charge in [0.1, 0.15) is 9.83 Å². The summed E-state index contributed by atoms with van der Waals surface area (Å²) in [6.07, 6.45) is -5.19. The number of aromatic nitrogens is 1. The van der Waals surface area contributed by atoms with Gasteiger partial charge < -0.3 is 15.3 Å². The summed E-state index contributed by atoms with van der Waals surface area (Å²) in [4.78, 5) is 52.7. The average Bonchev–Trinajstić information content (AvgIpc) is 3.30. The highest BCUT2D eigenvalue weighted by atomic mass is 32.1. The van der Waals surface area contributed by atoms with E-state index in [0.717, 1.165) is 29.5 Å². The van der Waals surface area contributed by atoms with Gasteiger partial charge in [-0.2, -0.15) is 13.2 Å². The number of thiophene rings is 1.